The van der Waals surface area contributed by atoms with Crippen LogP contribution in [0.15, 0.2) is 100 Å². The van der Waals surface area contributed by atoms with Gasteiger partial charge in [-0.05, 0) is 63.7 Å². The molecule has 2 N–H and O–H groups in total. The van der Waals surface area contributed by atoms with Gasteiger partial charge in [0.1, 0.15) is 17.5 Å². The summed E-state index contributed by atoms with van der Waals surface area (Å²) >= 11 is 3.40. The van der Waals surface area contributed by atoms with Crippen LogP contribution in [0, 0.1) is 17.1 Å². The quantitative estimate of drug-likeness (QED) is 0.485. The molecule has 7 heteroatoms. The molecule has 34 heavy (non-hydrogen) atoms. The lowest BCUT2D eigenvalue weighted by Crippen LogP contribution is -2.40. The number of nitrogens with zero attached hydrogens (tertiary/aromatic N) is 3. The zero-order chi connectivity index (χ0) is 23.8. The van der Waals surface area contributed by atoms with Crippen molar-refractivity contribution >= 4 is 27.5 Å². The summed E-state index contributed by atoms with van der Waals surface area (Å²) in [7, 11) is 0. The first kappa shape index (κ1) is 22.1. The third-order valence-electron chi connectivity index (χ3n) is 6.38. The molecule has 0 unspecified atom stereocenters. The van der Waals surface area contributed by atoms with E-state index in [1.54, 1.807) is 29.3 Å². The van der Waals surface area contributed by atoms with Gasteiger partial charge in [0.2, 0.25) is 0 Å². The SMILES string of the molecule is N#CC1=C(N)N(c2ccc(Br)cn2)C2=C(C(=O)C[C@H](c3ccccc3)C2)[C@H]1c1ccc(F)cc1. The van der Waals surface area contributed by atoms with Gasteiger partial charge < -0.3 is 5.73 Å². The minimum atomic E-state index is -0.656. The topological polar surface area (TPSA) is 83.0 Å². The van der Waals surface area contributed by atoms with Gasteiger partial charge in [0.05, 0.1) is 17.6 Å². The van der Waals surface area contributed by atoms with E-state index in [-0.39, 0.29) is 28.9 Å². The molecule has 1 aromatic heterocycles. The maximum absolute atomic E-state index is 13.7. The highest BCUT2D eigenvalue weighted by Crippen LogP contribution is 2.48. The number of anilines is 1. The van der Waals surface area contributed by atoms with Crippen molar-refractivity contribution in [2.75, 3.05) is 4.90 Å². The van der Waals surface area contributed by atoms with E-state index in [0.717, 1.165) is 15.7 Å². The van der Waals surface area contributed by atoms with Gasteiger partial charge in [0.25, 0.3) is 0 Å². The first-order chi connectivity index (χ1) is 16.5. The lowest BCUT2D eigenvalue weighted by Gasteiger charge is -2.41. The van der Waals surface area contributed by atoms with Gasteiger partial charge in [0.15, 0.2) is 5.78 Å². The Morgan fingerprint density at radius 2 is 1.76 bits per heavy atom. The van der Waals surface area contributed by atoms with Crippen LogP contribution >= 0.6 is 15.9 Å². The molecule has 0 amide bonds. The fraction of sp³-hybridized carbons (Fsp3) is 0.148. The second-order valence-corrected chi connectivity index (χ2v) is 9.28. The molecule has 1 aliphatic carbocycles. The number of nitriles is 1. The van der Waals surface area contributed by atoms with E-state index in [9.17, 15) is 14.4 Å². The molecule has 168 valence electrons. The molecular weight excluding hydrogens is 495 g/mol. The fourth-order valence-electron chi connectivity index (χ4n) is 4.84. The Balaban J connectivity index is 1.72. The summed E-state index contributed by atoms with van der Waals surface area (Å²) in [5.74, 6) is -0.366. The van der Waals surface area contributed by atoms with E-state index in [4.69, 9.17) is 5.73 Å². The number of carbonyl (C=O) groups is 1. The highest BCUT2D eigenvalue weighted by atomic mass is 79.9. The molecular formula is C27H20BrFN4O. The second-order valence-electron chi connectivity index (χ2n) is 8.36. The molecule has 0 spiro atoms. The smallest absolute Gasteiger partial charge is 0.162 e. The average molecular weight is 515 g/mol. The van der Waals surface area contributed by atoms with Crippen molar-refractivity contribution < 1.29 is 9.18 Å². The third-order valence-corrected chi connectivity index (χ3v) is 6.85. The van der Waals surface area contributed by atoms with E-state index < -0.39 is 5.92 Å². The summed E-state index contributed by atoms with van der Waals surface area (Å²) in [6, 6.07) is 21.7. The molecule has 0 bridgehead atoms. The van der Waals surface area contributed by atoms with Gasteiger partial charge in [0, 0.05) is 28.4 Å². The van der Waals surface area contributed by atoms with Crippen molar-refractivity contribution in [2.45, 2.75) is 24.7 Å². The first-order valence-corrected chi connectivity index (χ1v) is 11.6. The van der Waals surface area contributed by atoms with E-state index in [0.29, 0.717) is 29.8 Å². The summed E-state index contributed by atoms with van der Waals surface area (Å²) in [4.78, 5) is 19.9. The maximum atomic E-state index is 13.7. The van der Waals surface area contributed by atoms with Crippen LogP contribution < -0.4 is 10.6 Å². The molecule has 0 saturated carbocycles. The first-order valence-electron chi connectivity index (χ1n) is 10.9. The van der Waals surface area contributed by atoms with Crippen LogP contribution in [-0.2, 0) is 4.79 Å². The molecule has 1 aliphatic heterocycles. The van der Waals surface area contributed by atoms with Crippen LogP contribution in [-0.4, -0.2) is 10.8 Å². The van der Waals surface area contributed by atoms with Crippen molar-refractivity contribution in [3.8, 4) is 6.07 Å². The van der Waals surface area contributed by atoms with Crippen molar-refractivity contribution in [1.29, 1.82) is 5.26 Å². The molecule has 2 heterocycles. The van der Waals surface area contributed by atoms with Gasteiger partial charge in [-0.25, -0.2) is 9.37 Å². The van der Waals surface area contributed by atoms with Crippen LogP contribution in [0.4, 0.5) is 10.2 Å². The van der Waals surface area contributed by atoms with Crippen LogP contribution in [0.5, 0.6) is 0 Å². The maximum Gasteiger partial charge on any atom is 0.162 e. The number of hydrogen-bond donors (Lipinski definition) is 1. The van der Waals surface area contributed by atoms with Crippen LogP contribution in [0.25, 0.3) is 0 Å². The van der Waals surface area contributed by atoms with Gasteiger partial charge in [-0.1, -0.05) is 42.5 Å². The standard InChI is InChI=1S/C27H20BrFN4O/c28-19-8-11-24(32-15-19)33-22-12-18(16-4-2-1-3-5-16)13-23(34)26(22)25(21(14-30)27(33)31)17-6-9-20(29)10-7-17/h1-11,15,18,25H,12-13,31H2/t18-,25+/m1/s1. The molecule has 3 aromatic rings. The van der Waals surface area contributed by atoms with Crippen LogP contribution in [0.1, 0.15) is 35.8 Å². The summed E-state index contributed by atoms with van der Waals surface area (Å²) < 4.78 is 14.5. The summed E-state index contributed by atoms with van der Waals surface area (Å²) in [5, 5.41) is 10.1. The molecule has 0 radical (unpaired) electrons. The zero-order valence-corrected chi connectivity index (χ0v) is 19.7. The van der Waals surface area contributed by atoms with E-state index >= 15 is 0 Å². The molecule has 5 nitrogen and oxygen atoms in total. The molecule has 0 saturated heterocycles. The minimum Gasteiger partial charge on any atom is -0.384 e. The van der Waals surface area contributed by atoms with Gasteiger partial charge in [-0.3, -0.25) is 9.69 Å². The number of benzene rings is 2. The van der Waals surface area contributed by atoms with Crippen LogP contribution in [0.3, 0.4) is 0 Å². The van der Waals surface area contributed by atoms with Crippen molar-refractivity contribution in [3.05, 3.63) is 117 Å². The Labute approximate surface area is 205 Å². The Hall–Kier alpha value is -3.76. The molecule has 0 fully saturated rings. The average Bonchev–Trinajstić information content (AvgIpc) is 2.85. The van der Waals surface area contributed by atoms with Gasteiger partial charge in [-0.2, -0.15) is 5.26 Å². The number of nitrogens with two attached hydrogens (primary N) is 1. The monoisotopic (exact) mass is 514 g/mol. The number of ketones is 1. The van der Waals surface area contributed by atoms with Crippen molar-refractivity contribution in [2.24, 2.45) is 5.73 Å². The third kappa shape index (κ3) is 3.80. The molecule has 2 aliphatic rings. The largest absolute Gasteiger partial charge is 0.384 e. The Morgan fingerprint density at radius 3 is 2.41 bits per heavy atom. The van der Waals surface area contributed by atoms with Crippen molar-refractivity contribution in [1.82, 2.24) is 4.98 Å². The number of rotatable bonds is 3. The number of Topliss-reactive ketones (excluding diaryl/α,β-unsaturated/α-hetero) is 1. The summed E-state index contributed by atoms with van der Waals surface area (Å²) in [5.41, 5.74) is 9.83. The van der Waals surface area contributed by atoms with E-state index in [2.05, 4.69) is 27.0 Å². The highest BCUT2D eigenvalue weighted by molar-refractivity contribution is 9.10. The fourth-order valence-corrected chi connectivity index (χ4v) is 5.08. The normalized spacial score (nSPS) is 20.3. The van der Waals surface area contributed by atoms with Gasteiger partial charge in [-0.15, -0.1) is 0 Å². The lowest BCUT2D eigenvalue weighted by molar-refractivity contribution is -0.116. The number of pyridine rings is 1. The zero-order valence-electron chi connectivity index (χ0n) is 18.1. The molecule has 2 atom stereocenters. The number of aromatic nitrogens is 1. The number of allylic oxidation sites excluding steroid dienone is 3. The summed E-state index contributed by atoms with van der Waals surface area (Å²) in [6.45, 7) is 0. The predicted molar refractivity (Wildman–Crippen MR) is 131 cm³/mol. The Kier molecular flexibility index (Phi) is 5.76. The lowest BCUT2D eigenvalue weighted by atomic mass is 9.72. The Morgan fingerprint density at radius 1 is 1.03 bits per heavy atom. The minimum absolute atomic E-state index is 0.0318. The number of hydrogen-bond acceptors (Lipinski definition) is 5. The van der Waals surface area contributed by atoms with Crippen molar-refractivity contribution in [3.63, 3.8) is 0 Å². The molecule has 5 rings (SSSR count). The second kappa shape index (κ2) is 8.88. The molecule has 2 aromatic carbocycles. The number of carbonyl (C=O) groups excluding carboxylic acids is 1. The van der Waals surface area contributed by atoms with E-state index in [1.165, 1.54) is 12.1 Å². The highest BCUT2D eigenvalue weighted by Gasteiger charge is 2.43. The predicted octanol–water partition coefficient (Wildman–Crippen LogP) is 5.68. The number of halogens is 2. The Bertz CT molecular complexity index is 1360. The van der Waals surface area contributed by atoms with Gasteiger partial charge >= 0.3 is 0 Å². The summed E-state index contributed by atoms with van der Waals surface area (Å²) in [6.07, 6.45) is 2.53. The van der Waals surface area contributed by atoms with E-state index in [1.807, 2.05) is 36.4 Å². The van der Waals surface area contributed by atoms with Crippen LogP contribution in [0.2, 0.25) is 0 Å².